The van der Waals surface area contributed by atoms with Gasteiger partial charge in [-0.05, 0) is 13.8 Å². The van der Waals surface area contributed by atoms with E-state index < -0.39 is 0 Å². The van der Waals surface area contributed by atoms with Gasteiger partial charge in [0.1, 0.15) is 0 Å². The van der Waals surface area contributed by atoms with Gasteiger partial charge in [0, 0.05) is 23.9 Å². The molecule has 0 bridgehead atoms. The Morgan fingerprint density at radius 2 is 1.74 bits per heavy atom. The fourth-order valence-corrected chi connectivity index (χ4v) is 2.84. The third-order valence-corrected chi connectivity index (χ3v) is 3.62. The van der Waals surface area contributed by atoms with E-state index in [-0.39, 0.29) is 12.2 Å². The number of aromatic nitrogens is 2. The maximum atomic E-state index is 6.11. The normalized spacial score (nSPS) is 23.8. The number of nitrogens with zero attached hydrogens (tertiary/aromatic N) is 3. The Labute approximate surface area is 117 Å². The summed E-state index contributed by atoms with van der Waals surface area (Å²) in [5.74, 6) is 0.891. The second-order valence-electron chi connectivity index (χ2n) is 5.02. The summed E-state index contributed by atoms with van der Waals surface area (Å²) in [6.07, 6.45) is 0.389. The highest BCUT2D eigenvalue weighted by Gasteiger charge is 2.25. The number of benzene rings is 1. The standard InChI is InChI=1S/C14H16ClN3O/c1-9-7-18(8-10(2)19-9)14-12-6-4-3-5-11(12)13(15)16-17-14/h3-6,9-10H,7-8H2,1-2H3/t9-,10+. The van der Waals surface area contributed by atoms with Gasteiger partial charge < -0.3 is 9.64 Å². The third-order valence-electron chi connectivity index (χ3n) is 3.34. The lowest BCUT2D eigenvalue weighted by molar-refractivity contribution is -0.00540. The number of morpholine rings is 1. The van der Waals surface area contributed by atoms with Crippen LogP contribution in [0.2, 0.25) is 5.15 Å². The minimum Gasteiger partial charge on any atom is -0.372 e. The molecule has 1 aliphatic heterocycles. The number of halogens is 1. The largest absolute Gasteiger partial charge is 0.372 e. The molecule has 2 aromatic rings. The summed E-state index contributed by atoms with van der Waals surface area (Å²) in [5, 5.41) is 10.8. The van der Waals surface area contributed by atoms with Gasteiger partial charge in [-0.3, -0.25) is 0 Å². The summed E-state index contributed by atoms with van der Waals surface area (Å²) in [4.78, 5) is 2.23. The van der Waals surface area contributed by atoms with Crippen molar-refractivity contribution in [1.29, 1.82) is 0 Å². The van der Waals surface area contributed by atoms with Crippen LogP contribution in [0.25, 0.3) is 10.8 Å². The van der Waals surface area contributed by atoms with Crippen molar-refractivity contribution >= 4 is 28.2 Å². The fraction of sp³-hybridized carbons (Fsp3) is 0.429. The molecule has 3 rings (SSSR count). The molecule has 0 unspecified atom stereocenters. The van der Waals surface area contributed by atoms with Crippen molar-refractivity contribution < 1.29 is 4.74 Å². The molecule has 2 atom stereocenters. The Bertz CT molecular complexity index is 594. The Morgan fingerprint density at radius 3 is 2.42 bits per heavy atom. The molecule has 0 N–H and O–H groups in total. The maximum Gasteiger partial charge on any atom is 0.159 e. The average molecular weight is 278 g/mol. The first kappa shape index (κ1) is 12.6. The lowest BCUT2D eigenvalue weighted by Crippen LogP contribution is -2.46. The number of anilines is 1. The molecule has 0 aliphatic carbocycles. The average Bonchev–Trinajstić information content (AvgIpc) is 2.38. The zero-order chi connectivity index (χ0) is 13.4. The molecule has 1 saturated heterocycles. The molecular weight excluding hydrogens is 262 g/mol. The van der Waals surface area contributed by atoms with Crippen molar-refractivity contribution in [3.05, 3.63) is 29.4 Å². The predicted octanol–water partition coefficient (Wildman–Crippen LogP) is 2.90. The van der Waals surface area contributed by atoms with Crippen molar-refractivity contribution in [2.75, 3.05) is 18.0 Å². The van der Waals surface area contributed by atoms with Crippen LogP contribution in [-0.2, 0) is 4.74 Å². The lowest BCUT2D eigenvalue weighted by atomic mass is 10.1. The molecule has 1 aromatic heterocycles. The summed E-state index contributed by atoms with van der Waals surface area (Å²) in [6, 6.07) is 7.97. The summed E-state index contributed by atoms with van der Waals surface area (Å²) in [5.41, 5.74) is 0. The smallest absolute Gasteiger partial charge is 0.159 e. The van der Waals surface area contributed by atoms with Crippen molar-refractivity contribution in [2.45, 2.75) is 26.1 Å². The molecule has 19 heavy (non-hydrogen) atoms. The monoisotopic (exact) mass is 277 g/mol. The predicted molar refractivity (Wildman–Crippen MR) is 76.8 cm³/mol. The highest BCUT2D eigenvalue weighted by molar-refractivity contribution is 6.34. The third kappa shape index (κ3) is 2.38. The van der Waals surface area contributed by atoms with Gasteiger partial charge >= 0.3 is 0 Å². The van der Waals surface area contributed by atoms with E-state index in [2.05, 4.69) is 28.9 Å². The topological polar surface area (TPSA) is 38.2 Å². The van der Waals surface area contributed by atoms with Crippen molar-refractivity contribution in [3.8, 4) is 0 Å². The second kappa shape index (κ2) is 4.94. The summed E-state index contributed by atoms with van der Waals surface area (Å²) < 4.78 is 5.76. The van der Waals surface area contributed by atoms with Gasteiger partial charge in [0.2, 0.25) is 0 Å². The number of hydrogen-bond acceptors (Lipinski definition) is 4. The molecule has 5 heteroatoms. The van der Waals surface area contributed by atoms with Crippen LogP contribution in [0, 0.1) is 0 Å². The van der Waals surface area contributed by atoms with Gasteiger partial charge in [0.25, 0.3) is 0 Å². The van der Waals surface area contributed by atoms with Crippen molar-refractivity contribution in [3.63, 3.8) is 0 Å². The first-order valence-corrected chi connectivity index (χ1v) is 6.84. The molecule has 1 fully saturated rings. The van der Waals surface area contributed by atoms with E-state index in [9.17, 15) is 0 Å². The van der Waals surface area contributed by atoms with E-state index in [0.717, 1.165) is 29.7 Å². The summed E-state index contributed by atoms with van der Waals surface area (Å²) >= 11 is 6.11. The van der Waals surface area contributed by atoms with Crippen molar-refractivity contribution in [2.24, 2.45) is 0 Å². The van der Waals surface area contributed by atoms with E-state index in [0.29, 0.717) is 5.15 Å². The van der Waals surface area contributed by atoms with Gasteiger partial charge in [-0.1, -0.05) is 35.9 Å². The minimum atomic E-state index is 0.194. The zero-order valence-electron chi connectivity index (χ0n) is 11.0. The van der Waals surface area contributed by atoms with Crippen LogP contribution >= 0.6 is 11.6 Å². The van der Waals surface area contributed by atoms with E-state index in [1.54, 1.807) is 0 Å². The second-order valence-corrected chi connectivity index (χ2v) is 5.38. The van der Waals surface area contributed by atoms with E-state index in [1.165, 1.54) is 0 Å². The van der Waals surface area contributed by atoms with E-state index >= 15 is 0 Å². The fourth-order valence-electron chi connectivity index (χ4n) is 2.64. The molecular formula is C14H16ClN3O. The first-order valence-electron chi connectivity index (χ1n) is 6.46. The Kier molecular flexibility index (Phi) is 3.29. The molecule has 0 saturated carbocycles. The zero-order valence-corrected chi connectivity index (χ0v) is 11.8. The number of rotatable bonds is 1. The van der Waals surface area contributed by atoms with Gasteiger partial charge in [-0.15, -0.1) is 10.2 Å². The van der Waals surface area contributed by atoms with Crippen LogP contribution < -0.4 is 4.90 Å². The van der Waals surface area contributed by atoms with Crippen LogP contribution in [0.15, 0.2) is 24.3 Å². The molecule has 2 heterocycles. The van der Waals surface area contributed by atoms with Gasteiger partial charge in [0.05, 0.1) is 12.2 Å². The SMILES string of the molecule is C[C@@H]1CN(c2nnc(Cl)c3ccccc23)C[C@H](C)O1. The first-order chi connectivity index (χ1) is 9.15. The highest BCUT2D eigenvalue weighted by Crippen LogP contribution is 2.29. The summed E-state index contributed by atoms with van der Waals surface area (Å²) in [6.45, 7) is 5.80. The molecule has 1 aliphatic rings. The highest BCUT2D eigenvalue weighted by atomic mass is 35.5. The molecule has 0 amide bonds. The van der Waals surface area contributed by atoms with Crippen LogP contribution in [0.1, 0.15) is 13.8 Å². The number of hydrogen-bond donors (Lipinski definition) is 0. The molecule has 0 radical (unpaired) electrons. The quantitative estimate of drug-likeness (QED) is 0.803. The maximum absolute atomic E-state index is 6.11. The molecule has 100 valence electrons. The summed E-state index contributed by atoms with van der Waals surface area (Å²) in [7, 11) is 0. The van der Waals surface area contributed by atoms with E-state index in [4.69, 9.17) is 16.3 Å². The van der Waals surface area contributed by atoms with Gasteiger partial charge in [-0.25, -0.2) is 0 Å². The molecule has 0 spiro atoms. The molecule has 1 aromatic carbocycles. The Hall–Kier alpha value is -1.39. The molecule has 4 nitrogen and oxygen atoms in total. The van der Waals surface area contributed by atoms with Crippen LogP contribution in [0.5, 0.6) is 0 Å². The number of fused-ring (bicyclic) bond motifs is 1. The van der Waals surface area contributed by atoms with Gasteiger partial charge in [-0.2, -0.15) is 0 Å². The van der Waals surface area contributed by atoms with Crippen LogP contribution in [-0.4, -0.2) is 35.5 Å². The van der Waals surface area contributed by atoms with Crippen LogP contribution in [0.3, 0.4) is 0 Å². The lowest BCUT2D eigenvalue weighted by Gasteiger charge is -2.36. The number of ether oxygens (including phenoxy) is 1. The Balaban J connectivity index is 2.07. The van der Waals surface area contributed by atoms with Crippen LogP contribution in [0.4, 0.5) is 5.82 Å². The van der Waals surface area contributed by atoms with E-state index in [1.807, 2.05) is 24.3 Å². The minimum absolute atomic E-state index is 0.194. The Morgan fingerprint density at radius 1 is 1.11 bits per heavy atom. The van der Waals surface area contributed by atoms with Crippen molar-refractivity contribution in [1.82, 2.24) is 10.2 Å². The van der Waals surface area contributed by atoms with Gasteiger partial charge in [0.15, 0.2) is 11.0 Å².